The number of halogens is 3. The molecule has 1 heterocycles. The molecule has 0 amide bonds. The highest BCUT2D eigenvalue weighted by Crippen LogP contribution is 2.30. The molecule has 0 N–H and O–H groups in total. The summed E-state index contributed by atoms with van der Waals surface area (Å²) in [7, 11) is 0. The van der Waals surface area contributed by atoms with E-state index in [0.29, 0.717) is 0 Å². The third-order valence-electron chi connectivity index (χ3n) is 2.47. The number of benzene rings is 1. The van der Waals surface area contributed by atoms with Gasteiger partial charge in [-0.05, 0) is 47.1 Å². The molecule has 5 heteroatoms. The van der Waals surface area contributed by atoms with Gasteiger partial charge in [0.15, 0.2) is 0 Å². The molecule has 0 bridgehead atoms. The molecule has 1 aromatic carbocycles. The fraction of sp³-hybridized carbons (Fsp3) is 0.250. The van der Waals surface area contributed by atoms with Crippen LogP contribution < -0.4 is 0 Å². The van der Waals surface area contributed by atoms with E-state index in [9.17, 15) is 8.78 Å². The maximum absolute atomic E-state index is 12.9. The predicted molar refractivity (Wildman–Crippen MR) is 66.0 cm³/mol. The molecule has 2 aromatic rings. The summed E-state index contributed by atoms with van der Waals surface area (Å²) in [6, 6.07) is 6.07. The molecule has 0 radical (unpaired) electrons. The zero-order valence-corrected chi connectivity index (χ0v) is 10.8. The lowest BCUT2D eigenvalue weighted by Crippen LogP contribution is -2.04. The zero-order chi connectivity index (χ0) is 12.4. The van der Waals surface area contributed by atoms with Crippen LogP contribution >= 0.6 is 15.9 Å². The van der Waals surface area contributed by atoms with Crippen LogP contribution in [0, 0.1) is 12.7 Å². The van der Waals surface area contributed by atoms with Crippen molar-refractivity contribution in [2.24, 2.45) is 0 Å². The summed E-state index contributed by atoms with van der Waals surface area (Å²) in [4.78, 5) is 0. The van der Waals surface area contributed by atoms with Gasteiger partial charge in [0.05, 0.1) is 22.4 Å². The highest BCUT2D eigenvalue weighted by molar-refractivity contribution is 9.10. The van der Waals surface area contributed by atoms with Gasteiger partial charge in [-0.25, -0.2) is 8.78 Å². The van der Waals surface area contributed by atoms with Crippen molar-refractivity contribution in [2.45, 2.75) is 13.5 Å². The van der Waals surface area contributed by atoms with Crippen LogP contribution in [0.3, 0.4) is 0 Å². The number of aryl methyl sites for hydroxylation is 2. The van der Waals surface area contributed by atoms with Crippen LogP contribution in [0.1, 0.15) is 5.69 Å². The summed E-state index contributed by atoms with van der Waals surface area (Å²) >= 11 is 3.43. The number of rotatable bonds is 3. The predicted octanol–water partition coefficient (Wildman–Crippen LogP) is 3.73. The van der Waals surface area contributed by atoms with Crippen LogP contribution in [-0.4, -0.2) is 16.5 Å². The zero-order valence-electron chi connectivity index (χ0n) is 9.25. The third kappa shape index (κ3) is 2.39. The van der Waals surface area contributed by atoms with Gasteiger partial charge in [0.25, 0.3) is 0 Å². The Labute approximate surface area is 106 Å². The Balaban J connectivity index is 2.53. The highest BCUT2D eigenvalue weighted by atomic mass is 79.9. The molecule has 2 nitrogen and oxygen atoms in total. The van der Waals surface area contributed by atoms with Crippen molar-refractivity contribution in [3.8, 4) is 11.3 Å². The van der Waals surface area contributed by atoms with Crippen LogP contribution in [0.2, 0.25) is 0 Å². The van der Waals surface area contributed by atoms with Crippen molar-refractivity contribution in [1.82, 2.24) is 9.78 Å². The minimum atomic E-state index is -0.484. The molecule has 0 spiro atoms. The summed E-state index contributed by atoms with van der Waals surface area (Å²) in [6.07, 6.45) is 0. The standard InChI is InChI=1S/C12H11BrF2N2/c1-8-11(13)12(17(16-8)7-6-14)9-2-4-10(15)5-3-9/h2-5H,6-7H2,1H3. The maximum atomic E-state index is 12.9. The molecule has 0 aliphatic rings. The second kappa shape index (κ2) is 4.96. The Hall–Kier alpha value is -1.23. The first kappa shape index (κ1) is 12.2. The van der Waals surface area contributed by atoms with E-state index in [4.69, 9.17) is 0 Å². The molecule has 0 aliphatic carbocycles. The van der Waals surface area contributed by atoms with Gasteiger partial charge in [0.1, 0.15) is 12.5 Å². The molecule has 2 rings (SSSR count). The number of nitrogens with zero attached hydrogens (tertiary/aromatic N) is 2. The van der Waals surface area contributed by atoms with Crippen LogP contribution in [-0.2, 0) is 6.54 Å². The minimum absolute atomic E-state index is 0.194. The van der Waals surface area contributed by atoms with Crippen LogP contribution in [0.5, 0.6) is 0 Å². The van der Waals surface area contributed by atoms with Crippen molar-refractivity contribution < 1.29 is 8.78 Å². The topological polar surface area (TPSA) is 17.8 Å². The highest BCUT2D eigenvalue weighted by Gasteiger charge is 2.14. The van der Waals surface area contributed by atoms with Gasteiger partial charge in [-0.2, -0.15) is 5.10 Å². The fourth-order valence-electron chi connectivity index (χ4n) is 1.68. The molecule has 1 aromatic heterocycles. The maximum Gasteiger partial charge on any atom is 0.123 e. The Morgan fingerprint density at radius 1 is 1.29 bits per heavy atom. The summed E-state index contributed by atoms with van der Waals surface area (Å²) in [5, 5.41) is 4.23. The average Bonchev–Trinajstić information content (AvgIpc) is 2.57. The first-order valence-corrected chi connectivity index (χ1v) is 5.97. The van der Waals surface area contributed by atoms with E-state index in [1.54, 1.807) is 16.8 Å². The lowest BCUT2D eigenvalue weighted by Gasteiger charge is -2.06. The third-order valence-corrected chi connectivity index (χ3v) is 3.42. The number of hydrogen-bond donors (Lipinski definition) is 0. The Morgan fingerprint density at radius 2 is 1.94 bits per heavy atom. The second-order valence-corrected chi connectivity index (χ2v) is 4.46. The lowest BCUT2D eigenvalue weighted by molar-refractivity contribution is 0.428. The largest absolute Gasteiger partial charge is 0.261 e. The Bertz CT molecular complexity index is 520. The van der Waals surface area contributed by atoms with E-state index < -0.39 is 6.67 Å². The first-order valence-electron chi connectivity index (χ1n) is 5.18. The van der Waals surface area contributed by atoms with Crippen molar-refractivity contribution >= 4 is 15.9 Å². The molecule has 0 unspecified atom stereocenters. The summed E-state index contributed by atoms with van der Waals surface area (Å²) in [6.45, 7) is 1.55. The minimum Gasteiger partial charge on any atom is -0.261 e. The molecule has 17 heavy (non-hydrogen) atoms. The number of alkyl halides is 1. The van der Waals surface area contributed by atoms with Gasteiger partial charge in [-0.3, -0.25) is 4.68 Å². The lowest BCUT2D eigenvalue weighted by atomic mass is 10.1. The van der Waals surface area contributed by atoms with Crippen LogP contribution in [0.4, 0.5) is 8.78 Å². The molecule has 0 fully saturated rings. The van der Waals surface area contributed by atoms with E-state index in [-0.39, 0.29) is 12.4 Å². The molecule has 0 atom stereocenters. The summed E-state index contributed by atoms with van der Waals surface area (Å²) < 4.78 is 27.7. The molecular weight excluding hydrogens is 290 g/mol. The molecule has 0 aliphatic heterocycles. The average molecular weight is 301 g/mol. The monoisotopic (exact) mass is 300 g/mol. The van der Waals surface area contributed by atoms with E-state index in [1.807, 2.05) is 6.92 Å². The van der Waals surface area contributed by atoms with E-state index in [2.05, 4.69) is 21.0 Å². The number of hydrogen-bond acceptors (Lipinski definition) is 1. The molecule has 0 saturated carbocycles. The van der Waals surface area contributed by atoms with Crippen LogP contribution in [0.25, 0.3) is 11.3 Å². The normalized spacial score (nSPS) is 10.8. The smallest absolute Gasteiger partial charge is 0.123 e. The first-order chi connectivity index (χ1) is 8.13. The van der Waals surface area contributed by atoms with Crippen molar-refractivity contribution in [2.75, 3.05) is 6.67 Å². The van der Waals surface area contributed by atoms with E-state index in [1.165, 1.54) is 12.1 Å². The van der Waals surface area contributed by atoms with Gasteiger partial charge in [0, 0.05) is 5.56 Å². The van der Waals surface area contributed by atoms with E-state index in [0.717, 1.165) is 21.4 Å². The molecule has 90 valence electrons. The summed E-state index contributed by atoms with van der Waals surface area (Å²) in [5.74, 6) is -0.293. The number of aromatic nitrogens is 2. The van der Waals surface area contributed by atoms with Crippen molar-refractivity contribution in [3.05, 3.63) is 40.2 Å². The van der Waals surface area contributed by atoms with Crippen molar-refractivity contribution in [1.29, 1.82) is 0 Å². The summed E-state index contributed by atoms with van der Waals surface area (Å²) in [5.41, 5.74) is 2.38. The van der Waals surface area contributed by atoms with Crippen molar-refractivity contribution in [3.63, 3.8) is 0 Å². The van der Waals surface area contributed by atoms with Gasteiger partial charge in [-0.1, -0.05) is 0 Å². The van der Waals surface area contributed by atoms with Gasteiger partial charge in [0.2, 0.25) is 0 Å². The van der Waals surface area contributed by atoms with Gasteiger partial charge >= 0.3 is 0 Å². The Morgan fingerprint density at radius 3 is 2.53 bits per heavy atom. The SMILES string of the molecule is Cc1nn(CCF)c(-c2ccc(F)cc2)c1Br. The quantitative estimate of drug-likeness (QED) is 0.844. The molecule has 0 saturated heterocycles. The van der Waals surface area contributed by atoms with E-state index >= 15 is 0 Å². The second-order valence-electron chi connectivity index (χ2n) is 3.67. The molecular formula is C12H11BrF2N2. The van der Waals surface area contributed by atoms with Gasteiger partial charge < -0.3 is 0 Å². The fourth-order valence-corrected chi connectivity index (χ4v) is 2.20. The Kier molecular flexibility index (Phi) is 3.57. The van der Waals surface area contributed by atoms with Crippen LogP contribution in [0.15, 0.2) is 28.7 Å². The van der Waals surface area contributed by atoms with Gasteiger partial charge in [-0.15, -0.1) is 0 Å².